The van der Waals surface area contributed by atoms with Crippen molar-refractivity contribution in [3.8, 4) is 17.7 Å². The fourth-order valence-electron chi connectivity index (χ4n) is 2.07. The normalized spacial score (nSPS) is 11.7. The number of rotatable bonds is 5. The van der Waals surface area contributed by atoms with Crippen LogP contribution in [0.3, 0.4) is 0 Å². The molecule has 8 nitrogen and oxygen atoms in total. The summed E-state index contributed by atoms with van der Waals surface area (Å²) in [5.74, 6) is 6.57. The van der Waals surface area contributed by atoms with E-state index in [0.29, 0.717) is 28.0 Å². The highest BCUT2D eigenvalue weighted by atomic mass is 32.2. The molecule has 0 aliphatic heterocycles. The number of furan rings is 1. The van der Waals surface area contributed by atoms with Crippen molar-refractivity contribution in [2.24, 2.45) is 0 Å². The molecule has 0 aliphatic carbocycles. The first-order valence-electron chi connectivity index (χ1n) is 7.31. The lowest BCUT2D eigenvalue weighted by atomic mass is 10.2. The summed E-state index contributed by atoms with van der Waals surface area (Å²) < 4.78 is 6.52. The van der Waals surface area contributed by atoms with E-state index >= 15 is 0 Å². The maximum atomic E-state index is 12.4. The van der Waals surface area contributed by atoms with E-state index in [9.17, 15) is 4.79 Å². The molecule has 1 unspecified atom stereocenters. The molecule has 25 heavy (non-hydrogen) atoms. The summed E-state index contributed by atoms with van der Waals surface area (Å²) in [4.78, 5) is 12.4. The maximum Gasteiger partial charge on any atom is 0.237 e. The average molecular weight is 354 g/mol. The van der Waals surface area contributed by atoms with Gasteiger partial charge in [-0.05, 0) is 31.2 Å². The van der Waals surface area contributed by atoms with E-state index < -0.39 is 5.25 Å². The van der Waals surface area contributed by atoms with Gasteiger partial charge in [-0.15, -0.1) is 10.2 Å². The first-order chi connectivity index (χ1) is 12.1. The summed E-state index contributed by atoms with van der Waals surface area (Å²) in [7, 11) is 0. The predicted octanol–water partition coefficient (Wildman–Crippen LogP) is 2.24. The number of hydrogen-bond donors (Lipinski definition) is 2. The van der Waals surface area contributed by atoms with Crippen molar-refractivity contribution in [2.45, 2.75) is 17.3 Å². The van der Waals surface area contributed by atoms with Gasteiger partial charge in [-0.25, -0.2) is 4.68 Å². The molecular weight excluding hydrogens is 340 g/mol. The van der Waals surface area contributed by atoms with Gasteiger partial charge < -0.3 is 15.6 Å². The van der Waals surface area contributed by atoms with Gasteiger partial charge in [0.15, 0.2) is 5.76 Å². The van der Waals surface area contributed by atoms with Gasteiger partial charge in [0.1, 0.15) is 6.07 Å². The Hall–Kier alpha value is -3.25. The zero-order valence-corrected chi connectivity index (χ0v) is 14.0. The number of nitriles is 1. The molecule has 0 radical (unpaired) electrons. The number of para-hydroxylation sites is 1. The van der Waals surface area contributed by atoms with Gasteiger partial charge in [0.05, 0.1) is 22.8 Å². The summed E-state index contributed by atoms with van der Waals surface area (Å²) >= 11 is 1.16. The zero-order chi connectivity index (χ0) is 17.8. The monoisotopic (exact) mass is 354 g/mol. The van der Waals surface area contributed by atoms with Crippen LogP contribution in [0.5, 0.6) is 0 Å². The number of nitrogens with zero attached hydrogens (tertiary/aromatic N) is 4. The van der Waals surface area contributed by atoms with Gasteiger partial charge >= 0.3 is 0 Å². The van der Waals surface area contributed by atoms with E-state index in [1.165, 1.54) is 10.9 Å². The number of carbonyl (C=O) groups is 1. The SMILES string of the molecule is CC(Sc1nnc(-c2ccco2)n1N)C(=O)Nc1ccccc1C#N. The Bertz CT molecular complexity index is 929. The van der Waals surface area contributed by atoms with Crippen LogP contribution >= 0.6 is 11.8 Å². The third kappa shape index (κ3) is 3.49. The number of amides is 1. The standard InChI is InChI=1S/C16H14N6O2S/c1-10(15(23)19-12-6-3-2-5-11(12)9-17)25-16-21-20-14(22(16)18)13-7-4-8-24-13/h2-8,10H,18H2,1H3,(H,19,23). The average Bonchev–Trinajstić information content (AvgIpc) is 3.26. The molecule has 126 valence electrons. The molecule has 3 rings (SSSR count). The van der Waals surface area contributed by atoms with E-state index in [1.54, 1.807) is 43.3 Å². The third-order valence-electron chi connectivity index (χ3n) is 3.36. The van der Waals surface area contributed by atoms with Crippen molar-refractivity contribution in [2.75, 3.05) is 11.2 Å². The fourth-order valence-corrected chi connectivity index (χ4v) is 2.84. The van der Waals surface area contributed by atoms with E-state index in [1.807, 2.05) is 6.07 Å². The van der Waals surface area contributed by atoms with Crippen molar-refractivity contribution in [1.29, 1.82) is 5.26 Å². The third-order valence-corrected chi connectivity index (χ3v) is 4.42. The molecule has 0 saturated heterocycles. The molecule has 1 amide bonds. The Balaban J connectivity index is 1.71. The highest BCUT2D eigenvalue weighted by molar-refractivity contribution is 8.00. The molecule has 1 atom stereocenters. The van der Waals surface area contributed by atoms with Crippen LogP contribution in [0, 0.1) is 11.3 Å². The number of aromatic nitrogens is 3. The first-order valence-corrected chi connectivity index (χ1v) is 8.19. The smallest absolute Gasteiger partial charge is 0.237 e. The second-order valence-electron chi connectivity index (χ2n) is 5.06. The van der Waals surface area contributed by atoms with Crippen molar-refractivity contribution >= 4 is 23.4 Å². The van der Waals surface area contributed by atoms with Gasteiger partial charge in [0.2, 0.25) is 16.9 Å². The Kier molecular flexibility index (Phi) is 4.72. The van der Waals surface area contributed by atoms with Crippen LogP contribution < -0.4 is 11.2 Å². The number of nitrogen functional groups attached to an aromatic ring is 1. The number of benzene rings is 1. The predicted molar refractivity (Wildman–Crippen MR) is 93.0 cm³/mol. The summed E-state index contributed by atoms with van der Waals surface area (Å²) in [6.07, 6.45) is 1.51. The molecule has 0 saturated carbocycles. The van der Waals surface area contributed by atoms with E-state index in [-0.39, 0.29) is 5.91 Å². The molecule has 3 aromatic rings. The lowest BCUT2D eigenvalue weighted by Gasteiger charge is -2.12. The van der Waals surface area contributed by atoms with E-state index in [0.717, 1.165) is 11.8 Å². The number of thioether (sulfide) groups is 1. The van der Waals surface area contributed by atoms with Crippen LogP contribution in [0.1, 0.15) is 12.5 Å². The highest BCUT2D eigenvalue weighted by Crippen LogP contribution is 2.26. The van der Waals surface area contributed by atoms with Gasteiger partial charge in [0.25, 0.3) is 0 Å². The second kappa shape index (κ2) is 7.11. The van der Waals surface area contributed by atoms with Gasteiger partial charge in [-0.3, -0.25) is 4.79 Å². The van der Waals surface area contributed by atoms with Crippen LogP contribution in [0.4, 0.5) is 5.69 Å². The number of anilines is 1. The van der Waals surface area contributed by atoms with E-state index in [2.05, 4.69) is 15.5 Å². The first kappa shape index (κ1) is 16.6. The Morgan fingerprint density at radius 2 is 2.16 bits per heavy atom. The number of hydrogen-bond acceptors (Lipinski definition) is 7. The van der Waals surface area contributed by atoms with Crippen molar-refractivity contribution < 1.29 is 9.21 Å². The topological polar surface area (TPSA) is 123 Å². The summed E-state index contributed by atoms with van der Waals surface area (Å²) in [6, 6.07) is 12.3. The largest absolute Gasteiger partial charge is 0.461 e. The molecule has 0 spiro atoms. The van der Waals surface area contributed by atoms with Crippen LogP contribution in [-0.2, 0) is 4.79 Å². The molecule has 0 aliphatic rings. The summed E-state index contributed by atoms with van der Waals surface area (Å²) in [6.45, 7) is 1.72. The highest BCUT2D eigenvalue weighted by Gasteiger charge is 2.21. The molecule has 9 heteroatoms. The number of nitrogens with two attached hydrogens (primary N) is 1. The van der Waals surface area contributed by atoms with Gasteiger partial charge in [0, 0.05) is 0 Å². The molecule has 1 aromatic carbocycles. The minimum atomic E-state index is -0.498. The second-order valence-corrected chi connectivity index (χ2v) is 6.37. The Morgan fingerprint density at radius 3 is 2.88 bits per heavy atom. The van der Waals surface area contributed by atoms with Crippen LogP contribution in [0.25, 0.3) is 11.6 Å². The van der Waals surface area contributed by atoms with Crippen LogP contribution in [0.2, 0.25) is 0 Å². The zero-order valence-electron chi connectivity index (χ0n) is 13.2. The van der Waals surface area contributed by atoms with Crippen molar-refractivity contribution in [1.82, 2.24) is 14.9 Å². The van der Waals surface area contributed by atoms with Gasteiger partial charge in [-0.1, -0.05) is 23.9 Å². The van der Waals surface area contributed by atoms with Crippen molar-refractivity contribution in [3.63, 3.8) is 0 Å². The summed E-state index contributed by atoms with van der Waals surface area (Å²) in [5, 5.41) is 19.7. The van der Waals surface area contributed by atoms with Crippen molar-refractivity contribution in [3.05, 3.63) is 48.2 Å². The number of carbonyl (C=O) groups excluding carboxylic acids is 1. The summed E-state index contributed by atoms with van der Waals surface area (Å²) in [5.41, 5.74) is 0.864. The maximum absolute atomic E-state index is 12.4. The lowest BCUT2D eigenvalue weighted by molar-refractivity contribution is -0.115. The molecule has 2 aromatic heterocycles. The lowest BCUT2D eigenvalue weighted by Crippen LogP contribution is -2.24. The number of nitrogens with one attached hydrogen (secondary N) is 1. The molecule has 3 N–H and O–H groups in total. The van der Waals surface area contributed by atoms with Crippen LogP contribution in [0.15, 0.2) is 52.2 Å². The molecule has 0 fully saturated rings. The minimum absolute atomic E-state index is 0.268. The quantitative estimate of drug-likeness (QED) is 0.532. The molecule has 0 bridgehead atoms. The molecule has 2 heterocycles. The van der Waals surface area contributed by atoms with E-state index in [4.69, 9.17) is 15.5 Å². The fraction of sp³-hybridized carbons (Fsp3) is 0.125. The Morgan fingerprint density at radius 1 is 1.36 bits per heavy atom. The Labute approximate surface area is 147 Å². The van der Waals surface area contributed by atoms with Gasteiger partial charge in [-0.2, -0.15) is 5.26 Å². The molecular formula is C16H14N6O2S. The van der Waals surface area contributed by atoms with Crippen LogP contribution in [-0.4, -0.2) is 26.0 Å². The minimum Gasteiger partial charge on any atom is -0.461 e.